The number of rotatable bonds is 2. The maximum Gasteiger partial charge on any atom is 0.507 e. The molecule has 11 heteroatoms. The van der Waals surface area contributed by atoms with E-state index in [4.69, 9.17) is 11.6 Å². The van der Waals surface area contributed by atoms with E-state index in [2.05, 4.69) is 24.8 Å². The number of benzene rings is 1. The van der Waals surface area contributed by atoms with E-state index in [0.717, 1.165) is 18.3 Å². The van der Waals surface area contributed by atoms with Crippen molar-refractivity contribution in [1.29, 1.82) is 0 Å². The second-order valence-electron chi connectivity index (χ2n) is 4.36. The second-order valence-corrected chi connectivity index (χ2v) is 4.70. The Morgan fingerprint density at radius 1 is 1.04 bits per heavy atom. The van der Waals surface area contributed by atoms with Gasteiger partial charge in [0.15, 0.2) is 23.1 Å². The molecule has 1 aliphatic rings. The Morgan fingerprint density at radius 3 is 2.39 bits per heavy atom. The van der Waals surface area contributed by atoms with Gasteiger partial charge in [0.1, 0.15) is 0 Å². The molecular weight excluding hydrogens is 349 g/mol. The molecule has 1 aliphatic heterocycles. The number of halogens is 6. The Kier molecular flexibility index (Phi) is 3.43. The van der Waals surface area contributed by atoms with Crippen LogP contribution in [0.4, 0.5) is 33.5 Å². The summed E-state index contributed by atoms with van der Waals surface area (Å²) in [6.07, 6.45) is -8.85. The second kappa shape index (κ2) is 5.08. The van der Waals surface area contributed by atoms with E-state index in [1.165, 1.54) is 6.07 Å². The summed E-state index contributed by atoms with van der Waals surface area (Å²) in [7, 11) is 0. The first-order valence-electron chi connectivity index (χ1n) is 5.91. The van der Waals surface area contributed by atoms with Gasteiger partial charge < -0.3 is 14.8 Å². The number of ether oxygens (including phenoxy) is 2. The number of nitrogens with one attached hydrogen (secondary N) is 1. The zero-order valence-corrected chi connectivity index (χ0v) is 11.5. The average molecular weight is 354 g/mol. The van der Waals surface area contributed by atoms with Crippen molar-refractivity contribution in [3.05, 3.63) is 35.5 Å². The quantitative estimate of drug-likeness (QED) is 0.654. The van der Waals surface area contributed by atoms with Crippen LogP contribution < -0.4 is 14.8 Å². The summed E-state index contributed by atoms with van der Waals surface area (Å²) >= 11 is 5.51. The Balaban J connectivity index is 1.92. The van der Waals surface area contributed by atoms with Gasteiger partial charge in [-0.3, -0.25) is 0 Å². The molecule has 0 saturated carbocycles. The van der Waals surface area contributed by atoms with Crippen LogP contribution in [0.5, 0.6) is 11.5 Å². The number of anilines is 2. The summed E-state index contributed by atoms with van der Waals surface area (Å²) in [5.74, 6) is -2.43. The fraction of sp³-hybridized carbons (Fsp3) is 0.167. The van der Waals surface area contributed by atoms with Crippen molar-refractivity contribution in [3.8, 4) is 11.5 Å². The molecule has 0 unspecified atom stereocenters. The molecule has 2 heterocycles. The van der Waals surface area contributed by atoms with Gasteiger partial charge in [-0.05, 0) is 23.7 Å². The molecule has 0 atom stereocenters. The maximum atomic E-state index is 13.5. The first-order chi connectivity index (χ1) is 10.7. The Bertz CT molecular complexity index is 774. The van der Waals surface area contributed by atoms with Crippen LogP contribution in [0.15, 0.2) is 24.4 Å². The van der Waals surface area contributed by atoms with Crippen molar-refractivity contribution in [2.75, 3.05) is 5.32 Å². The number of alkyl halides is 4. The third-order valence-electron chi connectivity index (χ3n) is 2.74. The molecule has 0 spiro atoms. The van der Waals surface area contributed by atoms with E-state index < -0.39 is 29.5 Å². The molecule has 5 nitrogen and oxygen atoms in total. The highest BCUT2D eigenvalue weighted by Crippen LogP contribution is 2.47. The molecule has 3 rings (SSSR count). The number of nitrogens with zero attached hydrogens (tertiary/aromatic N) is 2. The van der Waals surface area contributed by atoms with Crippen molar-refractivity contribution in [1.82, 2.24) is 9.97 Å². The molecule has 0 bridgehead atoms. The van der Waals surface area contributed by atoms with Crippen LogP contribution in [-0.2, 0) is 0 Å². The zero-order chi connectivity index (χ0) is 16.8. The van der Waals surface area contributed by atoms with Crippen molar-refractivity contribution >= 4 is 23.1 Å². The summed E-state index contributed by atoms with van der Waals surface area (Å²) in [4.78, 5) is 6.96. The van der Waals surface area contributed by atoms with Crippen LogP contribution in [0.3, 0.4) is 0 Å². The van der Waals surface area contributed by atoms with Crippen LogP contribution in [0.2, 0.25) is 5.28 Å². The molecule has 1 aromatic heterocycles. The van der Waals surface area contributed by atoms with Crippen LogP contribution in [0.1, 0.15) is 0 Å². The summed E-state index contributed by atoms with van der Waals surface area (Å²) < 4.78 is 73.7. The van der Waals surface area contributed by atoms with Crippen LogP contribution in [-0.4, -0.2) is 22.2 Å². The molecule has 2 aromatic rings. The van der Waals surface area contributed by atoms with E-state index in [1.807, 2.05) is 0 Å². The van der Waals surface area contributed by atoms with E-state index >= 15 is 0 Å². The summed E-state index contributed by atoms with van der Waals surface area (Å²) in [6.45, 7) is 0. The maximum absolute atomic E-state index is 13.5. The fourth-order valence-corrected chi connectivity index (χ4v) is 1.85. The molecule has 1 N–H and O–H groups in total. The SMILES string of the molecule is Fc1cnc(Cl)nc1Nc1ccc2c(c1)OC(F)(F)C(F)(F)O2. The molecular formula is C12H5ClF5N3O2. The number of fused-ring (bicyclic) bond motifs is 1. The lowest BCUT2D eigenvalue weighted by atomic mass is 10.2. The van der Waals surface area contributed by atoms with Gasteiger partial charge in [0.2, 0.25) is 5.28 Å². The molecule has 23 heavy (non-hydrogen) atoms. The lowest BCUT2D eigenvalue weighted by Crippen LogP contribution is -2.52. The van der Waals surface area contributed by atoms with Gasteiger partial charge in [-0.15, -0.1) is 0 Å². The molecule has 0 amide bonds. The van der Waals surface area contributed by atoms with Crippen LogP contribution in [0.25, 0.3) is 0 Å². The molecule has 0 radical (unpaired) electrons. The molecule has 0 aliphatic carbocycles. The standard InChI is InChI=1S/C12H5ClF5N3O2/c13-10-19-4-6(14)9(21-10)20-5-1-2-7-8(3-5)23-12(17,18)11(15,16)22-7/h1-4H,(H,19,20,21). The van der Waals surface area contributed by atoms with Crippen molar-refractivity contribution < 1.29 is 31.4 Å². The lowest BCUT2D eigenvalue weighted by molar-refractivity contribution is -0.391. The summed E-state index contributed by atoms with van der Waals surface area (Å²) in [6, 6.07) is 3.06. The van der Waals surface area contributed by atoms with Crippen molar-refractivity contribution in [2.24, 2.45) is 0 Å². The van der Waals surface area contributed by atoms with Crippen molar-refractivity contribution in [2.45, 2.75) is 12.2 Å². The predicted octanol–water partition coefficient (Wildman–Crippen LogP) is 3.97. The highest BCUT2D eigenvalue weighted by atomic mass is 35.5. The molecule has 0 saturated heterocycles. The largest absolute Gasteiger partial charge is 0.507 e. The Hall–Kier alpha value is -2.36. The van der Waals surface area contributed by atoms with Gasteiger partial charge in [0, 0.05) is 11.8 Å². The highest BCUT2D eigenvalue weighted by molar-refractivity contribution is 6.28. The van der Waals surface area contributed by atoms with Gasteiger partial charge in [-0.25, -0.2) is 9.37 Å². The number of aromatic nitrogens is 2. The van der Waals surface area contributed by atoms with Gasteiger partial charge in [-0.2, -0.15) is 22.5 Å². The minimum absolute atomic E-state index is 0.0297. The molecule has 0 fully saturated rings. The van der Waals surface area contributed by atoms with Gasteiger partial charge in [-0.1, -0.05) is 0 Å². The average Bonchev–Trinajstić information content (AvgIpc) is 2.44. The first kappa shape index (κ1) is 15.5. The van der Waals surface area contributed by atoms with Crippen LogP contribution >= 0.6 is 11.6 Å². The highest BCUT2D eigenvalue weighted by Gasteiger charge is 2.65. The van der Waals surface area contributed by atoms with E-state index in [9.17, 15) is 22.0 Å². The van der Waals surface area contributed by atoms with Crippen molar-refractivity contribution in [3.63, 3.8) is 0 Å². The normalized spacial score (nSPS) is 17.7. The Labute approximate surface area is 130 Å². The van der Waals surface area contributed by atoms with Crippen LogP contribution in [0, 0.1) is 5.82 Å². The summed E-state index contributed by atoms with van der Waals surface area (Å²) in [5.41, 5.74) is 0.0297. The minimum atomic E-state index is -4.85. The smallest absolute Gasteiger partial charge is 0.421 e. The third-order valence-corrected chi connectivity index (χ3v) is 2.92. The number of hydrogen-bond donors (Lipinski definition) is 1. The topological polar surface area (TPSA) is 56.3 Å². The Morgan fingerprint density at radius 2 is 1.70 bits per heavy atom. The molecule has 1 aromatic carbocycles. The third kappa shape index (κ3) is 2.81. The summed E-state index contributed by atoms with van der Waals surface area (Å²) in [5, 5.41) is 2.18. The lowest BCUT2D eigenvalue weighted by Gasteiger charge is -2.31. The van der Waals surface area contributed by atoms with Gasteiger partial charge in [0.25, 0.3) is 0 Å². The first-order valence-corrected chi connectivity index (χ1v) is 6.28. The number of hydrogen-bond acceptors (Lipinski definition) is 5. The predicted molar refractivity (Wildman–Crippen MR) is 67.9 cm³/mol. The van der Waals surface area contributed by atoms with E-state index in [1.54, 1.807) is 0 Å². The van der Waals surface area contributed by atoms with Gasteiger partial charge in [0.05, 0.1) is 6.20 Å². The zero-order valence-electron chi connectivity index (χ0n) is 10.8. The van der Waals surface area contributed by atoms with E-state index in [-0.39, 0.29) is 16.8 Å². The van der Waals surface area contributed by atoms with E-state index in [0.29, 0.717) is 0 Å². The minimum Gasteiger partial charge on any atom is -0.421 e. The van der Waals surface area contributed by atoms with Gasteiger partial charge >= 0.3 is 12.2 Å². The molecule has 122 valence electrons. The monoisotopic (exact) mass is 353 g/mol. The fourth-order valence-electron chi connectivity index (χ4n) is 1.71.